The second kappa shape index (κ2) is 7.38. The highest BCUT2D eigenvalue weighted by Gasteiger charge is 2.15. The predicted molar refractivity (Wildman–Crippen MR) is 71.9 cm³/mol. The molecule has 2 N–H and O–H groups in total. The number of methoxy groups -OCH3 is 1. The summed E-state index contributed by atoms with van der Waals surface area (Å²) in [4.78, 5) is 11.0. The molecule has 0 spiro atoms. The first kappa shape index (κ1) is 15.0. The topological polar surface area (TPSA) is 52.3 Å². The molecule has 0 saturated carbocycles. The second-order valence-electron chi connectivity index (χ2n) is 3.98. The lowest BCUT2D eigenvalue weighted by Crippen LogP contribution is -2.21. The van der Waals surface area contributed by atoms with Gasteiger partial charge < -0.3 is 10.5 Å². The van der Waals surface area contributed by atoms with Crippen molar-refractivity contribution in [3.63, 3.8) is 0 Å². The maximum absolute atomic E-state index is 12.8. The summed E-state index contributed by atoms with van der Waals surface area (Å²) in [5.74, 6) is 0.185. The summed E-state index contributed by atoms with van der Waals surface area (Å²) in [6.45, 7) is 2.00. The molecule has 5 heteroatoms. The Morgan fingerprint density at radius 2 is 2.06 bits per heavy atom. The lowest BCUT2D eigenvalue weighted by Gasteiger charge is -2.19. The van der Waals surface area contributed by atoms with E-state index in [1.807, 2.05) is 6.92 Å². The first-order chi connectivity index (χ1) is 8.54. The number of nitrogens with two attached hydrogens (primary N) is 1. The number of rotatable bonds is 6. The number of hydrogen-bond donors (Lipinski definition) is 1. The molecule has 2 atom stereocenters. The average molecular weight is 271 g/mol. The smallest absolute Gasteiger partial charge is 0.306 e. The van der Waals surface area contributed by atoms with Crippen LogP contribution in [-0.4, -0.2) is 24.1 Å². The van der Waals surface area contributed by atoms with Crippen molar-refractivity contribution in [2.45, 2.75) is 24.6 Å². The third kappa shape index (κ3) is 4.66. The van der Waals surface area contributed by atoms with Crippen LogP contribution in [0, 0.1) is 5.82 Å². The van der Waals surface area contributed by atoms with E-state index in [0.29, 0.717) is 12.2 Å². The zero-order valence-electron chi connectivity index (χ0n) is 10.6. The largest absolute Gasteiger partial charge is 0.469 e. The van der Waals surface area contributed by atoms with Gasteiger partial charge in [0.15, 0.2) is 0 Å². The van der Waals surface area contributed by atoms with Gasteiger partial charge >= 0.3 is 5.97 Å². The fraction of sp³-hybridized carbons (Fsp3) is 0.462. The summed E-state index contributed by atoms with van der Waals surface area (Å²) in [5.41, 5.74) is 6.98. The van der Waals surface area contributed by atoms with Gasteiger partial charge in [-0.3, -0.25) is 4.79 Å². The van der Waals surface area contributed by atoms with Gasteiger partial charge in [-0.1, -0.05) is 19.1 Å². The zero-order valence-corrected chi connectivity index (χ0v) is 11.4. The Balaban J connectivity index is 2.43. The Labute approximate surface area is 111 Å². The van der Waals surface area contributed by atoms with Crippen LogP contribution in [0.5, 0.6) is 0 Å². The molecule has 1 aromatic rings. The molecule has 3 nitrogen and oxygen atoms in total. The van der Waals surface area contributed by atoms with Crippen LogP contribution in [0.4, 0.5) is 4.39 Å². The molecule has 18 heavy (non-hydrogen) atoms. The van der Waals surface area contributed by atoms with Crippen LogP contribution < -0.4 is 5.73 Å². The highest BCUT2D eigenvalue weighted by atomic mass is 32.2. The van der Waals surface area contributed by atoms with Crippen molar-refractivity contribution >= 4 is 17.7 Å². The Bertz CT molecular complexity index is 383. The number of halogens is 1. The van der Waals surface area contributed by atoms with Crippen molar-refractivity contribution < 1.29 is 13.9 Å². The molecule has 0 bridgehead atoms. The van der Waals surface area contributed by atoms with E-state index in [-0.39, 0.29) is 23.1 Å². The summed E-state index contributed by atoms with van der Waals surface area (Å²) in [6, 6.07) is 6.02. The Morgan fingerprint density at radius 3 is 2.61 bits per heavy atom. The maximum atomic E-state index is 12.8. The van der Waals surface area contributed by atoms with E-state index in [2.05, 4.69) is 4.74 Å². The maximum Gasteiger partial charge on any atom is 0.306 e. The van der Waals surface area contributed by atoms with Crippen LogP contribution in [0.15, 0.2) is 24.3 Å². The molecule has 0 aliphatic carbocycles. The first-order valence-corrected chi connectivity index (χ1v) is 6.79. The van der Waals surface area contributed by atoms with E-state index in [0.717, 1.165) is 5.56 Å². The number of ether oxygens (including phenoxy) is 1. The van der Waals surface area contributed by atoms with Gasteiger partial charge in [0.05, 0.1) is 13.5 Å². The van der Waals surface area contributed by atoms with Crippen LogP contribution in [0.25, 0.3) is 0 Å². The minimum atomic E-state index is -0.267. The molecule has 100 valence electrons. The predicted octanol–water partition coefficient (Wildman–Crippen LogP) is 2.51. The average Bonchev–Trinajstić information content (AvgIpc) is 2.38. The van der Waals surface area contributed by atoms with Gasteiger partial charge in [-0.2, -0.15) is 11.8 Å². The Kier molecular flexibility index (Phi) is 6.15. The number of carbonyl (C=O) groups excluding carboxylic acids is 1. The summed E-state index contributed by atoms with van der Waals surface area (Å²) in [5, 5.41) is 0.153. The van der Waals surface area contributed by atoms with Crippen molar-refractivity contribution in [3.05, 3.63) is 35.6 Å². The Morgan fingerprint density at radius 1 is 1.44 bits per heavy atom. The molecule has 2 unspecified atom stereocenters. The highest BCUT2D eigenvalue weighted by molar-refractivity contribution is 7.99. The quantitative estimate of drug-likeness (QED) is 0.808. The minimum absolute atomic E-state index is 0.153. The van der Waals surface area contributed by atoms with Crippen molar-refractivity contribution in [2.75, 3.05) is 12.9 Å². The monoisotopic (exact) mass is 271 g/mol. The van der Waals surface area contributed by atoms with Crippen LogP contribution in [0.2, 0.25) is 0 Å². The highest BCUT2D eigenvalue weighted by Crippen LogP contribution is 2.25. The number of thioether (sulfide) groups is 1. The summed E-state index contributed by atoms with van der Waals surface area (Å²) in [6.07, 6.45) is 0.377. The molecule has 1 aromatic carbocycles. The van der Waals surface area contributed by atoms with Gasteiger partial charge in [-0.15, -0.1) is 0 Å². The fourth-order valence-electron chi connectivity index (χ4n) is 1.49. The summed E-state index contributed by atoms with van der Waals surface area (Å²) in [7, 11) is 1.38. The van der Waals surface area contributed by atoms with E-state index in [9.17, 15) is 9.18 Å². The van der Waals surface area contributed by atoms with Gasteiger partial charge in [-0.05, 0) is 17.7 Å². The lowest BCUT2D eigenvalue weighted by atomic mass is 10.1. The molecular formula is C13H18FNO2S. The van der Waals surface area contributed by atoms with Crippen molar-refractivity contribution in [1.82, 2.24) is 0 Å². The molecular weight excluding hydrogens is 253 g/mol. The first-order valence-electron chi connectivity index (χ1n) is 5.74. The summed E-state index contributed by atoms with van der Waals surface area (Å²) < 4.78 is 17.3. The van der Waals surface area contributed by atoms with E-state index in [1.54, 1.807) is 23.9 Å². The van der Waals surface area contributed by atoms with E-state index in [4.69, 9.17) is 5.73 Å². The molecule has 0 heterocycles. The van der Waals surface area contributed by atoms with Gasteiger partial charge in [0.25, 0.3) is 0 Å². The van der Waals surface area contributed by atoms with Crippen LogP contribution in [0.1, 0.15) is 24.9 Å². The van der Waals surface area contributed by atoms with Crippen LogP contribution in [-0.2, 0) is 9.53 Å². The minimum Gasteiger partial charge on any atom is -0.469 e. The molecule has 0 aliphatic heterocycles. The molecule has 1 rings (SSSR count). The van der Waals surface area contributed by atoms with Crippen LogP contribution >= 0.6 is 11.8 Å². The van der Waals surface area contributed by atoms with Crippen LogP contribution in [0.3, 0.4) is 0 Å². The second-order valence-corrected chi connectivity index (χ2v) is 5.46. The van der Waals surface area contributed by atoms with Gasteiger partial charge in [0, 0.05) is 17.0 Å². The number of carbonyl (C=O) groups is 1. The number of hydrogen-bond acceptors (Lipinski definition) is 4. The Hall–Kier alpha value is -1.07. The molecule has 0 fully saturated rings. The standard InChI is InChI=1S/C13H18FNO2S/c1-9(18-8-7-12(16)17-2)13(15)10-3-5-11(14)6-4-10/h3-6,9,13H,7-8,15H2,1-2H3. The van der Waals surface area contributed by atoms with E-state index in [1.165, 1.54) is 19.2 Å². The van der Waals surface area contributed by atoms with Crippen molar-refractivity contribution in [1.29, 1.82) is 0 Å². The number of benzene rings is 1. The fourth-order valence-corrected chi connectivity index (χ4v) is 2.51. The molecule has 0 saturated heterocycles. The van der Waals surface area contributed by atoms with Gasteiger partial charge in [0.1, 0.15) is 5.82 Å². The third-order valence-corrected chi connectivity index (χ3v) is 3.93. The molecule has 0 radical (unpaired) electrons. The summed E-state index contributed by atoms with van der Waals surface area (Å²) >= 11 is 1.61. The van der Waals surface area contributed by atoms with Gasteiger partial charge in [-0.25, -0.2) is 4.39 Å². The normalized spacial score (nSPS) is 14.0. The van der Waals surface area contributed by atoms with E-state index < -0.39 is 0 Å². The third-order valence-electron chi connectivity index (χ3n) is 2.68. The SMILES string of the molecule is COC(=O)CCSC(C)C(N)c1ccc(F)cc1. The van der Waals surface area contributed by atoms with Crippen molar-refractivity contribution in [2.24, 2.45) is 5.73 Å². The van der Waals surface area contributed by atoms with E-state index >= 15 is 0 Å². The molecule has 0 amide bonds. The van der Waals surface area contributed by atoms with Crippen molar-refractivity contribution in [3.8, 4) is 0 Å². The molecule has 0 aromatic heterocycles. The number of esters is 1. The molecule has 0 aliphatic rings. The van der Waals surface area contributed by atoms with Gasteiger partial charge in [0.2, 0.25) is 0 Å². The lowest BCUT2D eigenvalue weighted by molar-refractivity contribution is -0.140. The zero-order chi connectivity index (χ0) is 13.5.